The van der Waals surface area contributed by atoms with Crippen LogP contribution >= 0.6 is 0 Å². The zero-order valence-electron chi connectivity index (χ0n) is 12.5. The molecule has 0 spiro atoms. The number of hydrogen-bond donors (Lipinski definition) is 1. The molecule has 0 unspecified atom stereocenters. The molecule has 112 valence electrons. The highest BCUT2D eigenvalue weighted by Crippen LogP contribution is 2.38. The summed E-state index contributed by atoms with van der Waals surface area (Å²) in [6, 6.07) is 1.95. The minimum atomic E-state index is -0.277. The summed E-state index contributed by atoms with van der Waals surface area (Å²) in [6.45, 7) is 2.27. The van der Waals surface area contributed by atoms with Gasteiger partial charge in [-0.05, 0) is 18.9 Å². The van der Waals surface area contributed by atoms with Gasteiger partial charge < -0.3 is 14.8 Å². The van der Waals surface area contributed by atoms with E-state index in [0.717, 1.165) is 37.4 Å². The molecule has 0 atom stereocenters. The Hall–Kier alpha value is -1.04. The third-order valence-corrected chi connectivity index (χ3v) is 3.96. The van der Waals surface area contributed by atoms with E-state index in [4.69, 9.17) is 14.5 Å². The summed E-state index contributed by atoms with van der Waals surface area (Å²) in [7, 11) is 3.48. The number of methoxy groups -OCH3 is 2. The third kappa shape index (κ3) is 3.75. The average molecular weight is 279 g/mol. The summed E-state index contributed by atoms with van der Waals surface area (Å²) in [5, 5.41) is 3.31. The fourth-order valence-corrected chi connectivity index (χ4v) is 2.75. The van der Waals surface area contributed by atoms with Gasteiger partial charge in [-0.15, -0.1) is 0 Å². The first kappa shape index (κ1) is 15.4. The number of ether oxygens (including phenoxy) is 2. The average Bonchev–Trinajstić information content (AvgIpc) is 2.52. The highest BCUT2D eigenvalue weighted by molar-refractivity contribution is 5.09. The molecule has 1 saturated carbocycles. The molecule has 1 aromatic heterocycles. The van der Waals surface area contributed by atoms with Crippen molar-refractivity contribution >= 4 is 0 Å². The Labute approximate surface area is 121 Å². The Kier molecular flexibility index (Phi) is 5.88. The van der Waals surface area contributed by atoms with Crippen LogP contribution in [0.4, 0.5) is 0 Å². The summed E-state index contributed by atoms with van der Waals surface area (Å²) in [4.78, 5) is 9.16. The van der Waals surface area contributed by atoms with Crippen LogP contribution in [0.25, 0.3) is 0 Å². The van der Waals surface area contributed by atoms with Crippen molar-refractivity contribution < 1.29 is 9.47 Å². The first-order chi connectivity index (χ1) is 9.80. The minimum Gasteiger partial charge on any atom is -0.383 e. The molecule has 1 aliphatic carbocycles. The standard InChI is InChI=1S/C15H25N3O2/c1-19-11-10-16-12-13-6-9-17-14(18-13)15(20-2)7-4-3-5-8-15/h6,9,16H,3-5,7-8,10-12H2,1-2H3. The van der Waals surface area contributed by atoms with Gasteiger partial charge in [-0.2, -0.15) is 0 Å². The molecule has 0 radical (unpaired) electrons. The molecule has 0 aromatic carbocycles. The lowest BCUT2D eigenvalue weighted by Crippen LogP contribution is -2.33. The van der Waals surface area contributed by atoms with Gasteiger partial charge in [0.1, 0.15) is 5.60 Å². The van der Waals surface area contributed by atoms with E-state index < -0.39 is 0 Å². The van der Waals surface area contributed by atoms with Crippen LogP contribution in [0.5, 0.6) is 0 Å². The largest absolute Gasteiger partial charge is 0.383 e. The number of nitrogens with one attached hydrogen (secondary N) is 1. The van der Waals surface area contributed by atoms with E-state index in [1.165, 1.54) is 19.3 Å². The first-order valence-electron chi connectivity index (χ1n) is 7.38. The molecule has 0 bridgehead atoms. The molecule has 1 N–H and O–H groups in total. The maximum absolute atomic E-state index is 5.80. The lowest BCUT2D eigenvalue weighted by molar-refractivity contribution is -0.0516. The van der Waals surface area contributed by atoms with Crippen LogP contribution in [-0.2, 0) is 21.6 Å². The van der Waals surface area contributed by atoms with Crippen LogP contribution in [0.2, 0.25) is 0 Å². The maximum Gasteiger partial charge on any atom is 0.160 e. The van der Waals surface area contributed by atoms with E-state index in [9.17, 15) is 0 Å². The highest BCUT2D eigenvalue weighted by Gasteiger charge is 2.36. The molecule has 2 rings (SSSR count). The number of aromatic nitrogens is 2. The van der Waals surface area contributed by atoms with Gasteiger partial charge in [0, 0.05) is 33.5 Å². The summed E-state index contributed by atoms with van der Waals surface area (Å²) >= 11 is 0. The van der Waals surface area contributed by atoms with Crippen LogP contribution in [0.1, 0.15) is 43.6 Å². The van der Waals surface area contributed by atoms with Crippen molar-refractivity contribution in [3.8, 4) is 0 Å². The van der Waals surface area contributed by atoms with Gasteiger partial charge in [0.2, 0.25) is 0 Å². The normalized spacial score (nSPS) is 18.1. The minimum absolute atomic E-state index is 0.277. The first-order valence-corrected chi connectivity index (χ1v) is 7.38. The number of hydrogen-bond acceptors (Lipinski definition) is 5. The Balaban J connectivity index is 2.03. The lowest BCUT2D eigenvalue weighted by Gasteiger charge is -2.34. The second kappa shape index (κ2) is 7.67. The van der Waals surface area contributed by atoms with Crippen LogP contribution in [0.3, 0.4) is 0 Å². The maximum atomic E-state index is 5.80. The number of nitrogens with zero attached hydrogens (tertiary/aromatic N) is 2. The third-order valence-electron chi connectivity index (χ3n) is 3.96. The molecule has 0 aliphatic heterocycles. The van der Waals surface area contributed by atoms with E-state index in [-0.39, 0.29) is 5.60 Å². The SMILES string of the molecule is COCCNCc1ccnc(C2(OC)CCCCC2)n1. The molecule has 0 amide bonds. The van der Waals surface area contributed by atoms with Crippen molar-refractivity contribution in [1.82, 2.24) is 15.3 Å². The Morgan fingerprint density at radius 3 is 2.75 bits per heavy atom. The molecule has 20 heavy (non-hydrogen) atoms. The van der Waals surface area contributed by atoms with Crippen molar-refractivity contribution in [3.63, 3.8) is 0 Å². The fraction of sp³-hybridized carbons (Fsp3) is 0.733. The van der Waals surface area contributed by atoms with Gasteiger partial charge in [-0.25, -0.2) is 9.97 Å². The summed E-state index contributed by atoms with van der Waals surface area (Å²) in [6.07, 6.45) is 7.53. The highest BCUT2D eigenvalue weighted by atomic mass is 16.5. The lowest BCUT2D eigenvalue weighted by atomic mass is 9.84. The van der Waals surface area contributed by atoms with Gasteiger partial charge in [0.15, 0.2) is 5.82 Å². The predicted octanol–water partition coefficient (Wildman–Crippen LogP) is 2.02. The van der Waals surface area contributed by atoms with Crippen molar-refractivity contribution in [2.24, 2.45) is 0 Å². The van der Waals surface area contributed by atoms with E-state index in [1.54, 1.807) is 14.2 Å². The molecule has 5 heteroatoms. The topological polar surface area (TPSA) is 56.3 Å². The zero-order chi connectivity index (χ0) is 14.3. The molecule has 5 nitrogen and oxygen atoms in total. The molecule has 1 heterocycles. The Morgan fingerprint density at radius 2 is 2.05 bits per heavy atom. The van der Waals surface area contributed by atoms with Gasteiger partial charge in [-0.3, -0.25) is 0 Å². The number of rotatable bonds is 7. The van der Waals surface area contributed by atoms with Crippen LogP contribution < -0.4 is 5.32 Å². The zero-order valence-corrected chi connectivity index (χ0v) is 12.5. The second-order valence-corrected chi connectivity index (χ2v) is 5.30. The fourth-order valence-electron chi connectivity index (χ4n) is 2.75. The molecular weight excluding hydrogens is 254 g/mol. The van der Waals surface area contributed by atoms with Crippen LogP contribution in [0, 0.1) is 0 Å². The smallest absolute Gasteiger partial charge is 0.160 e. The summed E-state index contributed by atoms with van der Waals surface area (Å²) in [5.41, 5.74) is 0.731. The van der Waals surface area contributed by atoms with Crippen molar-refractivity contribution in [2.45, 2.75) is 44.2 Å². The van der Waals surface area contributed by atoms with Crippen LogP contribution in [0.15, 0.2) is 12.3 Å². The van der Waals surface area contributed by atoms with E-state index in [1.807, 2.05) is 12.3 Å². The van der Waals surface area contributed by atoms with Crippen molar-refractivity contribution in [1.29, 1.82) is 0 Å². The van der Waals surface area contributed by atoms with E-state index in [0.29, 0.717) is 6.61 Å². The predicted molar refractivity (Wildman–Crippen MR) is 77.4 cm³/mol. The Bertz CT molecular complexity index is 406. The molecular formula is C15H25N3O2. The van der Waals surface area contributed by atoms with Crippen molar-refractivity contribution in [2.75, 3.05) is 27.4 Å². The van der Waals surface area contributed by atoms with Gasteiger partial charge in [0.05, 0.1) is 12.3 Å². The second-order valence-electron chi connectivity index (χ2n) is 5.30. The van der Waals surface area contributed by atoms with Gasteiger partial charge in [-0.1, -0.05) is 19.3 Å². The van der Waals surface area contributed by atoms with Crippen LogP contribution in [-0.4, -0.2) is 37.3 Å². The van der Waals surface area contributed by atoms with Gasteiger partial charge in [0.25, 0.3) is 0 Å². The van der Waals surface area contributed by atoms with E-state index >= 15 is 0 Å². The summed E-state index contributed by atoms with van der Waals surface area (Å²) in [5.74, 6) is 0.839. The molecule has 1 fully saturated rings. The van der Waals surface area contributed by atoms with Crippen molar-refractivity contribution in [3.05, 3.63) is 23.8 Å². The monoisotopic (exact) mass is 279 g/mol. The van der Waals surface area contributed by atoms with Gasteiger partial charge >= 0.3 is 0 Å². The van der Waals surface area contributed by atoms with E-state index in [2.05, 4.69) is 10.3 Å². The Morgan fingerprint density at radius 1 is 1.25 bits per heavy atom. The summed E-state index contributed by atoms with van der Waals surface area (Å²) < 4.78 is 10.8. The molecule has 1 aromatic rings. The molecule has 0 saturated heterocycles. The quantitative estimate of drug-likeness (QED) is 0.774. The molecule has 1 aliphatic rings.